The Morgan fingerprint density at radius 1 is 0.833 bits per heavy atom. The predicted molar refractivity (Wildman–Crippen MR) is 104 cm³/mol. The zero-order valence-corrected chi connectivity index (χ0v) is 18.5. The molecule has 0 aromatic heterocycles. The van der Waals surface area contributed by atoms with E-state index >= 15 is 0 Å². The topological polar surface area (TPSA) is 173 Å². The van der Waals surface area contributed by atoms with Crippen LogP contribution in [0.25, 0.3) is 0 Å². The molecule has 5 atom stereocenters. The minimum atomic E-state index is -3.05. The highest BCUT2D eigenvalue weighted by Crippen LogP contribution is 2.29. The molecule has 172 valence electrons. The van der Waals surface area contributed by atoms with E-state index in [-0.39, 0.29) is 0 Å². The fraction of sp³-hybridized carbons (Fsp3) is 0.737. The fourth-order valence-corrected chi connectivity index (χ4v) is 3.15. The summed E-state index contributed by atoms with van der Waals surface area (Å²) in [5, 5.41) is 38.8. The van der Waals surface area contributed by atoms with Gasteiger partial charge in [-0.2, -0.15) is 0 Å². The number of aliphatic hydroxyl groups excluding tert-OH is 2. The number of carbonyl (C=O) groups excluding carboxylic acids is 4. The van der Waals surface area contributed by atoms with E-state index in [0.29, 0.717) is 11.8 Å². The highest BCUT2D eigenvalue weighted by atomic mass is 16.4. The lowest BCUT2D eigenvalue weighted by molar-refractivity contribution is -0.174. The van der Waals surface area contributed by atoms with E-state index in [4.69, 9.17) is 0 Å². The first-order valence-electron chi connectivity index (χ1n) is 9.32. The first-order valence-corrected chi connectivity index (χ1v) is 9.32. The van der Waals surface area contributed by atoms with Gasteiger partial charge in [-0.25, -0.2) is 4.79 Å². The summed E-state index contributed by atoms with van der Waals surface area (Å²) >= 11 is 0. The van der Waals surface area contributed by atoms with E-state index in [0.717, 1.165) is 25.8 Å². The van der Waals surface area contributed by atoms with Crippen LogP contribution in [-0.2, 0) is 24.0 Å². The third-order valence-electron chi connectivity index (χ3n) is 5.16. The number of aliphatic carboxylic acids is 1. The Hall–Kier alpha value is -2.37. The number of hydrogen-bond donors (Lipinski definition) is 4. The lowest BCUT2D eigenvalue weighted by Crippen LogP contribution is -2.70. The quantitative estimate of drug-likeness (QED) is 0.297. The second-order valence-electron chi connectivity index (χ2n) is 8.03. The molecule has 0 bridgehead atoms. The number of ketones is 2. The molecule has 0 aromatic rings. The monoisotopic (exact) mass is 432 g/mol. The number of likely N-dealkylation sites (N-methyl/N-ethyl adjacent to an activating group) is 2. The molecular formula is C19H32N2O9. The van der Waals surface area contributed by atoms with Crippen LogP contribution < -0.4 is 0 Å². The first-order chi connectivity index (χ1) is 13.4. The number of amides is 2. The van der Waals surface area contributed by atoms with Gasteiger partial charge < -0.3 is 30.2 Å². The molecule has 0 aliphatic carbocycles. The SMILES string of the molecule is CC(C)[C@@H](C(=O)[C@](C)(C(=O)[C@](C)(O)C(=O)O)N(C)C(=O)[C@@H](C)O)N(C)C(=O)[C@@H](C)O. The van der Waals surface area contributed by atoms with Crippen LogP contribution in [0.5, 0.6) is 0 Å². The van der Waals surface area contributed by atoms with Gasteiger partial charge in [0.25, 0.3) is 11.8 Å². The van der Waals surface area contributed by atoms with Crippen LogP contribution in [0, 0.1) is 5.92 Å². The van der Waals surface area contributed by atoms with Crippen LogP contribution >= 0.6 is 0 Å². The number of carboxylic acid groups (broad SMARTS) is 1. The van der Waals surface area contributed by atoms with Gasteiger partial charge in [0.1, 0.15) is 12.2 Å². The van der Waals surface area contributed by atoms with Crippen molar-refractivity contribution in [3.05, 3.63) is 0 Å². The molecule has 2 amide bonds. The van der Waals surface area contributed by atoms with Crippen molar-refractivity contribution in [1.82, 2.24) is 9.80 Å². The van der Waals surface area contributed by atoms with Gasteiger partial charge >= 0.3 is 5.97 Å². The van der Waals surface area contributed by atoms with Crippen LogP contribution in [-0.4, -0.2) is 103 Å². The highest BCUT2D eigenvalue weighted by Gasteiger charge is 2.58. The van der Waals surface area contributed by atoms with Gasteiger partial charge in [0.15, 0.2) is 11.3 Å². The van der Waals surface area contributed by atoms with Gasteiger partial charge in [-0.15, -0.1) is 0 Å². The van der Waals surface area contributed by atoms with Crippen LogP contribution in [0.2, 0.25) is 0 Å². The Morgan fingerprint density at radius 3 is 1.53 bits per heavy atom. The zero-order valence-electron chi connectivity index (χ0n) is 18.5. The maximum atomic E-state index is 13.6. The van der Waals surface area contributed by atoms with Crippen molar-refractivity contribution in [2.45, 2.75) is 70.9 Å². The second kappa shape index (κ2) is 9.63. The maximum absolute atomic E-state index is 13.6. The molecule has 0 aliphatic rings. The van der Waals surface area contributed by atoms with Gasteiger partial charge in [-0.1, -0.05) is 13.8 Å². The number of aliphatic hydroxyl groups is 3. The van der Waals surface area contributed by atoms with Gasteiger partial charge in [0.05, 0.1) is 6.04 Å². The molecule has 0 rings (SSSR count). The van der Waals surface area contributed by atoms with Crippen LogP contribution in [0.15, 0.2) is 0 Å². The average molecular weight is 432 g/mol. The molecule has 0 aliphatic heterocycles. The van der Waals surface area contributed by atoms with E-state index in [1.807, 2.05) is 0 Å². The van der Waals surface area contributed by atoms with Gasteiger partial charge in [-0.05, 0) is 33.6 Å². The second-order valence-corrected chi connectivity index (χ2v) is 8.03. The van der Waals surface area contributed by atoms with Crippen molar-refractivity contribution in [3.63, 3.8) is 0 Å². The van der Waals surface area contributed by atoms with Gasteiger partial charge in [0.2, 0.25) is 11.4 Å². The smallest absolute Gasteiger partial charge is 0.343 e. The maximum Gasteiger partial charge on any atom is 0.343 e. The molecule has 4 N–H and O–H groups in total. The Bertz CT molecular complexity index is 715. The summed E-state index contributed by atoms with van der Waals surface area (Å²) in [5.74, 6) is -7.07. The summed E-state index contributed by atoms with van der Waals surface area (Å²) in [6, 6.07) is -1.37. The lowest BCUT2D eigenvalue weighted by atomic mass is 9.75. The summed E-state index contributed by atoms with van der Waals surface area (Å²) in [7, 11) is 2.23. The predicted octanol–water partition coefficient (Wildman–Crippen LogP) is -1.58. The number of rotatable bonds is 10. The van der Waals surface area contributed by atoms with Crippen LogP contribution in [0.4, 0.5) is 0 Å². The van der Waals surface area contributed by atoms with E-state index in [1.165, 1.54) is 14.0 Å². The minimum absolute atomic E-state index is 0.565. The number of carboxylic acids is 1. The molecular weight excluding hydrogens is 400 g/mol. The fourth-order valence-electron chi connectivity index (χ4n) is 3.15. The molecule has 0 aromatic carbocycles. The minimum Gasteiger partial charge on any atom is -0.479 e. The van der Waals surface area contributed by atoms with Gasteiger partial charge in [-0.3, -0.25) is 19.2 Å². The number of Topliss-reactive ketones (excluding diaryl/α,β-unsaturated/α-hetero) is 2. The summed E-state index contributed by atoms with van der Waals surface area (Å²) < 4.78 is 0. The molecule has 0 unspecified atom stereocenters. The highest BCUT2D eigenvalue weighted by molar-refractivity contribution is 6.23. The molecule has 0 radical (unpaired) electrons. The first kappa shape index (κ1) is 27.6. The largest absolute Gasteiger partial charge is 0.479 e. The van der Waals surface area contributed by atoms with Crippen LogP contribution in [0.1, 0.15) is 41.5 Å². The molecule has 0 saturated heterocycles. The molecule has 0 spiro atoms. The number of carbonyl (C=O) groups is 5. The molecule has 0 saturated carbocycles. The summed E-state index contributed by atoms with van der Waals surface area (Å²) in [4.78, 5) is 64.3. The molecule has 0 heterocycles. The number of nitrogens with zero attached hydrogens (tertiary/aromatic N) is 2. The van der Waals surface area contributed by atoms with Crippen LogP contribution in [0.3, 0.4) is 0 Å². The Morgan fingerprint density at radius 2 is 1.23 bits per heavy atom. The molecule has 30 heavy (non-hydrogen) atoms. The molecule has 11 heteroatoms. The number of hydrogen-bond acceptors (Lipinski definition) is 8. The third kappa shape index (κ3) is 5.02. The van der Waals surface area contributed by atoms with E-state index in [1.54, 1.807) is 13.8 Å². The van der Waals surface area contributed by atoms with Crippen molar-refractivity contribution in [1.29, 1.82) is 0 Å². The normalized spacial score (nSPS) is 18.4. The Labute approximate surface area is 175 Å². The van der Waals surface area contributed by atoms with Gasteiger partial charge in [0, 0.05) is 14.1 Å². The standard InChI is InChI=1S/C19H32N2O9/c1-9(2)12(20(7)14(25)10(3)22)13(24)18(5,21(8)15(26)11(4)23)16(27)19(6,30)17(28)29/h9-12,22-23,30H,1-8H3,(H,28,29)/t10-,11-,12+,18-,19+/m1/s1. The van der Waals surface area contributed by atoms with Crippen molar-refractivity contribution in [2.75, 3.05) is 14.1 Å². The van der Waals surface area contributed by atoms with Crippen molar-refractivity contribution >= 4 is 29.4 Å². The molecule has 11 nitrogen and oxygen atoms in total. The van der Waals surface area contributed by atoms with E-state index < -0.39 is 64.7 Å². The summed E-state index contributed by atoms with van der Waals surface area (Å²) in [6.07, 6.45) is -3.11. The van der Waals surface area contributed by atoms with Crippen molar-refractivity contribution < 1.29 is 44.4 Å². The van der Waals surface area contributed by atoms with E-state index in [2.05, 4.69) is 0 Å². The summed E-state index contributed by atoms with van der Waals surface area (Å²) in [5.41, 5.74) is -5.61. The van der Waals surface area contributed by atoms with Crippen molar-refractivity contribution in [2.24, 2.45) is 5.92 Å². The Balaban J connectivity index is 6.79. The summed E-state index contributed by atoms with van der Waals surface area (Å²) in [6.45, 7) is 6.98. The van der Waals surface area contributed by atoms with E-state index in [9.17, 15) is 44.4 Å². The third-order valence-corrected chi connectivity index (χ3v) is 5.16. The average Bonchev–Trinajstić information content (AvgIpc) is 2.63. The van der Waals surface area contributed by atoms with Crippen molar-refractivity contribution in [3.8, 4) is 0 Å². The lowest BCUT2D eigenvalue weighted by Gasteiger charge is -2.43. The zero-order chi connectivity index (χ0) is 24.4. The molecule has 0 fully saturated rings. The Kier molecular flexibility index (Phi) is 8.87.